The lowest BCUT2D eigenvalue weighted by Gasteiger charge is -2.56. The third-order valence-electron chi connectivity index (χ3n) is 5.16. The van der Waals surface area contributed by atoms with E-state index in [1.54, 1.807) is 11.1 Å². The highest BCUT2D eigenvalue weighted by Crippen LogP contribution is 2.57. The molecule has 92 valence electrons. The number of rotatable bonds is 2. The number of hydrogen-bond acceptors (Lipinski definition) is 1. The summed E-state index contributed by atoms with van der Waals surface area (Å²) in [6, 6.07) is 9.88. The number of benzene rings is 1. The van der Waals surface area contributed by atoms with Crippen molar-refractivity contribution in [1.29, 1.82) is 0 Å². The van der Waals surface area contributed by atoms with Gasteiger partial charge in [0.05, 0.1) is 0 Å². The van der Waals surface area contributed by atoms with Crippen molar-refractivity contribution >= 4 is 0 Å². The maximum Gasteiger partial charge on any atom is 0.0133 e. The first-order valence-electron chi connectivity index (χ1n) is 7.04. The van der Waals surface area contributed by atoms with Crippen LogP contribution >= 0.6 is 0 Å². The van der Waals surface area contributed by atoms with Gasteiger partial charge >= 0.3 is 0 Å². The SMILES string of the molecule is CCC1C(NC)C2CC(C)c3ccccc3C12. The molecule has 5 unspecified atom stereocenters. The molecule has 0 saturated heterocycles. The third-order valence-corrected chi connectivity index (χ3v) is 5.16. The van der Waals surface area contributed by atoms with E-state index < -0.39 is 0 Å². The quantitative estimate of drug-likeness (QED) is 0.818. The normalized spacial score (nSPS) is 39.1. The molecule has 2 aliphatic rings. The van der Waals surface area contributed by atoms with Crippen LogP contribution in [-0.2, 0) is 0 Å². The van der Waals surface area contributed by atoms with E-state index in [1.165, 1.54) is 12.8 Å². The zero-order chi connectivity index (χ0) is 12.0. The van der Waals surface area contributed by atoms with Crippen molar-refractivity contribution in [3.8, 4) is 0 Å². The zero-order valence-corrected chi connectivity index (χ0v) is 11.1. The van der Waals surface area contributed by atoms with Crippen LogP contribution in [0.4, 0.5) is 0 Å². The van der Waals surface area contributed by atoms with Gasteiger partial charge in [-0.3, -0.25) is 0 Å². The summed E-state index contributed by atoms with van der Waals surface area (Å²) in [5.74, 6) is 3.28. The van der Waals surface area contributed by atoms with E-state index in [1.807, 2.05) is 0 Å². The van der Waals surface area contributed by atoms with Gasteiger partial charge in [0, 0.05) is 6.04 Å². The van der Waals surface area contributed by atoms with Crippen LogP contribution in [0.1, 0.15) is 49.7 Å². The largest absolute Gasteiger partial charge is 0.316 e. The van der Waals surface area contributed by atoms with Gasteiger partial charge in [-0.05, 0) is 48.3 Å². The van der Waals surface area contributed by atoms with Gasteiger partial charge in [0.25, 0.3) is 0 Å². The molecule has 0 amide bonds. The van der Waals surface area contributed by atoms with E-state index in [-0.39, 0.29) is 0 Å². The Balaban J connectivity index is 1.99. The molecule has 3 rings (SSSR count). The molecule has 1 nitrogen and oxygen atoms in total. The van der Waals surface area contributed by atoms with Crippen molar-refractivity contribution in [2.24, 2.45) is 11.8 Å². The van der Waals surface area contributed by atoms with Crippen LogP contribution in [0.25, 0.3) is 0 Å². The van der Waals surface area contributed by atoms with Crippen molar-refractivity contribution in [3.05, 3.63) is 35.4 Å². The van der Waals surface area contributed by atoms with E-state index in [0.29, 0.717) is 0 Å². The summed E-state index contributed by atoms with van der Waals surface area (Å²) in [6.45, 7) is 4.73. The first-order valence-corrected chi connectivity index (χ1v) is 7.04. The number of fused-ring (bicyclic) bond motifs is 3. The summed E-state index contributed by atoms with van der Waals surface area (Å²) in [5.41, 5.74) is 3.26. The number of hydrogen-bond donors (Lipinski definition) is 1. The van der Waals surface area contributed by atoms with Gasteiger partial charge in [-0.25, -0.2) is 0 Å². The average Bonchev–Trinajstić information content (AvgIpc) is 2.34. The van der Waals surface area contributed by atoms with Crippen molar-refractivity contribution < 1.29 is 0 Å². The van der Waals surface area contributed by atoms with E-state index in [4.69, 9.17) is 0 Å². The summed E-state index contributed by atoms with van der Waals surface area (Å²) in [7, 11) is 2.13. The molecule has 0 spiro atoms. The van der Waals surface area contributed by atoms with E-state index >= 15 is 0 Å². The molecule has 0 aliphatic heterocycles. The van der Waals surface area contributed by atoms with Crippen LogP contribution < -0.4 is 5.32 Å². The molecule has 5 atom stereocenters. The molecular formula is C16H23N. The Morgan fingerprint density at radius 1 is 1.24 bits per heavy atom. The van der Waals surface area contributed by atoms with Gasteiger partial charge in [-0.2, -0.15) is 0 Å². The van der Waals surface area contributed by atoms with Gasteiger partial charge in [0.15, 0.2) is 0 Å². The van der Waals surface area contributed by atoms with Gasteiger partial charge in [-0.1, -0.05) is 44.5 Å². The lowest BCUT2D eigenvalue weighted by molar-refractivity contribution is 0.0492. The predicted octanol–water partition coefficient (Wildman–Crippen LogP) is 3.52. The van der Waals surface area contributed by atoms with Crippen LogP contribution in [0, 0.1) is 11.8 Å². The molecule has 0 aromatic heterocycles. The van der Waals surface area contributed by atoms with Gasteiger partial charge in [0.1, 0.15) is 0 Å². The first kappa shape index (κ1) is 11.3. The summed E-state index contributed by atoms with van der Waals surface area (Å²) >= 11 is 0. The molecule has 1 fully saturated rings. The topological polar surface area (TPSA) is 12.0 Å². The molecule has 1 aromatic rings. The number of nitrogens with one attached hydrogen (secondary N) is 1. The second-order valence-corrected chi connectivity index (χ2v) is 5.84. The van der Waals surface area contributed by atoms with Gasteiger partial charge < -0.3 is 5.32 Å². The van der Waals surface area contributed by atoms with Crippen molar-refractivity contribution in [2.75, 3.05) is 7.05 Å². The summed E-state index contributed by atoms with van der Waals surface area (Å²) in [6.07, 6.45) is 2.67. The van der Waals surface area contributed by atoms with Crippen LogP contribution in [0.5, 0.6) is 0 Å². The minimum absolute atomic E-state index is 0.737. The Kier molecular flexibility index (Phi) is 2.74. The summed E-state index contributed by atoms with van der Waals surface area (Å²) in [5, 5.41) is 3.55. The Labute approximate surface area is 105 Å². The fourth-order valence-electron chi connectivity index (χ4n) is 4.43. The van der Waals surface area contributed by atoms with Gasteiger partial charge in [0.2, 0.25) is 0 Å². The average molecular weight is 229 g/mol. The fourth-order valence-corrected chi connectivity index (χ4v) is 4.43. The molecule has 1 aromatic carbocycles. The van der Waals surface area contributed by atoms with Crippen molar-refractivity contribution in [1.82, 2.24) is 5.32 Å². The smallest absolute Gasteiger partial charge is 0.0133 e. The highest BCUT2D eigenvalue weighted by Gasteiger charge is 2.52. The summed E-state index contributed by atoms with van der Waals surface area (Å²) < 4.78 is 0. The molecule has 17 heavy (non-hydrogen) atoms. The molecule has 0 heterocycles. The highest BCUT2D eigenvalue weighted by molar-refractivity contribution is 5.40. The standard InChI is InChI=1S/C16H23N/c1-4-11-15-13-8-6-5-7-12(13)10(2)9-14(15)16(11)17-3/h5-8,10-11,14-17H,4,9H2,1-3H3. The molecule has 0 radical (unpaired) electrons. The minimum atomic E-state index is 0.737. The second kappa shape index (κ2) is 4.13. The van der Waals surface area contributed by atoms with Crippen LogP contribution in [0.15, 0.2) is 24.3 Å². The maximum atomic E-state index is 3.55. The lowest BCUT2D eigenvalue weighted by Crippen LogP contribution is -2.57. The molecule has 0 bridgehead atoms. The molecule has 2 aliphatic carbocycles. The highest BCUT2D eigenvalue weighted by atomic mass is 14.9. The monoisotopic (exact) mass is 229 g/mol. The minimum Gasteiger partial charge on any atom is -0.316 e. The molecule has 1 saturated carbocycles. The Bertz CT molecular complexity index is 412. The molecule has 1 heteroatoms. The predicted molar refractivity (Wildman–Crippen MR) is 72.3 cm³/mol. The Hall–Kier alpha value is -0.820. The van der Waals surface area contributed by atoms with Crippen molar-refractivity contribution in [2.45, 2.75) is 44.6 Å². The molecular weight excluding hydrogens is 206 g/mol. The first-order chi connectivity index (χ1) is 8.27. The van der Waals surface area contributed by atoms with Crippen LogP contribution in [-0.4, -0.2) is 13.1 Å². The zero-order valence-electron chi connectivity index (χ0n) is 11.1. The Morgan fingerprint density at radius 2 is 1.94 bits per heavy atom. The van der Waals surface area contributed by atoms with E-state index in [9.17, 15) is 0 Å². The van der Waals surface area contributed by atoms with Crippen LogP contribution in [0.2, 0.25) is 0 Å². The van der Waals surface area contributed by atoms with E-state index in [2.05, 4.69) is 50.5 Å². The van der Waals surface area contributed by atoms with Crippen molar-refractivity contribution in [3.63, 3.8) is 0 Å². The molecule has 1 N–H and O–H groups in total. The van der Waals surface area contributed by atoms with Crippen LogP contribution in [0.3, 0.4) is 0 Å². The second-order valence-electron chi connectivity index (χ2n) is 5.84. The lowest BCUT2D eigenvalue weighted by atomic mass is 9.51. The van der Waals surface area contributed by atoms with E-state index in [0.717, 1.165) is 29.7 Å². The Morgan fingerprint density at radius 3 is 2.59 bits per heavy atom. The fraction of sp³-hybridized carbons (Fsp3) is 0.625. The maximum absolute atomic E-state index is 3.55. The summed E-state index contributed by atoms with van der Waals surface area (Å²) in [4.78, 5) is 0. The third kappa shape index (κ3) is 1.48. The van der Waals surface area contributed by atoms with Gasteiger partial charge in [-0.15, -0.1) is 0 Å².